The number of thiazole rings is 1. The maximum absolute atomic E-state index is 12.1. The largest absolute Gasteiger partial charge is 0.455 e. The van der Waals surface area contributed by atoms with Gasteiger partial charge in [0.1, 0.15) is 0 Å². The van der Waals surface area contributed by atoms with Gasteiger partial charge in [-0.3, -0.25) is 9.59 Å². The van der Waals surface area contributed by atoms with E-state index in [2.05, 4.69) is 18.8 Å². The van der Waals surface area contributed by atoms with Crippen molar-refractivity contribution in [1.82, 2.24) is 9.88 Å². The second kappa shape index (κ2) is 7.02. The Kier molecular flexibility index (Phi) is 5.33. The van der Waals surface area contributed by atoms with Crippen molar-refractivity contribution in [2.75, 3.05) is 19.7 Å². The van der Waals surface area contributed by atoms with Gasteiger partial charge >= 0.3 is 5.97 Å². The molecule has 1 aliphatic heterocycles. The molecule has 1 aliphatic rings. The number of esters is 1. The molecule has 0 spiro atoms. The van der Waals surface area contributed by atoms with Crippen LogP contribution >= 0.6 is 11.3 Å². The summed E-state index contributed by atoms with van der Waals surface area (Å²) in [5.41, 5.74) is 0.704. The second-order valence-electron chi connectivity index (χ2n) is 5.94. The van der Waals surface area contributed by atoms with Crippen molar-refractivity contribution in [2.24, 2.45) is 11.8 Å². The van der Waals surface area contributed by atoms with E-state index in [4.69, 9.17) is 4.74 Å². The van der Waals surface area contributed by atoms with E-state index in [1.54, 1.807) is 4.90 Å². The topological polar surface area (TPSA) is 59.5 Å². The quantitative estimate of drug-likeness (QED) is 0.799. The molecule has 0 radical (unpaired) electrons. The molecule has 0 N–H and O–H groups in total. The Labute approximate surface area is 129 Å². The van der Waals surface area contributed by atoms with Crippen molar-refractivity contribution in [3.05, 3.63) is 16.1 Å². The molecule has 0 aromatic carbocycles. The molecule has 1 aromatic heterocycles. The summed E-state index contributed by atoms with van der Waals surface area (Å²) in [7, 11) is 0. The van der Waals surface area contributed by atoms with Gasteiger partial charge in [0.05, 0.1) is 17.1 Å². The van der Waals surface area contributed by atoms with Crippen LogP contribution in [0, 0.1) is 18.8 Å². The molecule has 21 heavy (non-hydrogen) atoms. The van der Waals surface area contributed by atoms with Gasteiger partial charge < -0.3 is 9.64 Å². The number of hydrogen-bond donors (Lipinski definition) is 0. The van der Waals surface area contributed by atoms with Crippen LogP contribution in [0.5, 0.6) is 0 Å². The highest BCUT2D eigenvalue weighted by molar-refractivity contribution is 7.09. The molecule has 5 nitrogen and oxygen atoms in total. The number of ether oxygens (including phenoxy) is 1. The number of aromatic nitrogens is 1. The average molecular weight is 310 g/mol. The number of likely N-dealkylation sites (tertiary alicyclic amines) is 1. The molecule has 0 saturated carbocycles. The Morgan fingerprint density at radius 2 is 2.05 bits per heavy atom. The summed E-state index contributed by atoms with van der Waals surface area (Å²) in [6, 6.07) is 0. The van der Waals surface area contributed by atoms with Gasteiger partial charge in [0.2, 0.25) is 0 Å². The molecule has 1 aromatic rings. The summed E-state index contributed by atoms with van der Waals surface area (Å²) in [5, 5.41) is 2.76. The lowest BCUT2D eigenvalue weighted by Gasteiger charge is -2.34. The van der Waals surface area contributed by atoms with Gasteiger partial charge in [0.15, 0.2) is 6.61 Å². The van der Waals surface area contributed by atoms with Crippen LogP contribution in [0.25, 0.3) is 0 Å². The van der Waals surface area contributed by atoms with Crippen LogP contribution in [0.1, 0.15) is 31.0 Å². The molecule has 1 fully saturated rings. The lowest BCUT2D eigenvalue weighted by Crippen LogP contribution is -2.44. The van der Waals surface area contributed by atoms with Gasteiger partial charge in [-0.25, -0.2) is 4.98 Å². The minimum Gasteiger partial charge on any atom is -0.455 e. The zero-order valence-electron chi connectivity index (χ0n) is 12.8. The highest BCUT2D eigenvalue weighted by Gasteiger charge is 2.25. The molecule has 1 amide bonds. The fourth-order valence-electron chi connectivity index (χ4n) is 2.79. The predicted molar refractivity (Wildman–Crippen MR) is 81.0 cm³/mol. The number of amides is 1. The van der Waals surface area contributed by atoms with Crippen LogP contribution in [0.4, 0.5) is 0 Å². The van der Waals surface area contributed by atoms with Gasteiger partial charge in [-0.1, -0.05) is 13.8 Å². The molecule has 2 unspecified atom stereocenters. The third-order valence-electron chi connectivity index (χ3n) is 3.57. The van der Waals surface area contributed by atoms with Crippen molar-refractivity contribution < 1.29 is 14.3 Å². The number of hydrogen-bond acceptors (Lipinski definition) is 5. The number of piperidine rings is 1. The van der Waals surface area contributed by atoms with E-state index in [1.807, 2.05) is 12.3 Å². The first-order valence-electron chi connectivity index (χ1n) is 7.28. The first-order valence-corrected chi connectivity index (χ1v) is 8.16. The zero-order chi connectivity index (χ0) is 15.4. The maximum Gasteiger partial charge on any atom is 0.312 e. The molecule has 1 saturated heterocycles. The summed E-state index contributed by atoms with van der Waals surface area (Å²) in [4.78, 5) is 29.8. The molecule has 6 heteroatoms. The smallest absolute Gasteiger partial charge is 0.312 e. The normalized spacial score (nSPS) is 22.1. The standard InChI is InChI=1S/C15H22N2O3S/c1-10-4-11(2)7-17(6-10)14(18)8-20-15(19)5-13-9-21-12(3)16-13/h9-11H,4-8H2,1-3H3. The molecule has 2 atom stereocenters. The van der Waals surface area contributed by atoms with E-state index < -0.39 is 5.97 Å². The summed E-state index contributed by atoms with van der Waals surface area (Å²) in [6.07, 6.45) is 1.27. The molecule has 0 bridgehead atoms. The zero-order valence-corrected chi connectivity index (χ0v) is 13.6. The van der Waals surface area contributed by atoms with Crippen LogP contribution in [0.15, 0.2) is 5.38 Å². The minimum absolute atomic E-state index is 0.101. The summed E-state index contributed by atoms with van der Waals surface area (Å²) in [6.45, 7) is 7.53. The monoisotopic (exact) mass is 310 g/mol. The summed E-state index contributed by atoms with van der Waals surface area (Å²) >= 11 is 1.50. The first-order chi connectivity index (χ1) is 9.94. The van der Waals surface area contributed by atoms with E-state index in [0.29, 0.717) is 17.5 Å². The Bertz CT molecular complexity index is 505. The summed E-state index contributed by atoms with van der Waals surface area (Å²) in [5.74, 6) is 0.515. The predicted octanol–water partition coefficient (Wildman–Crippen LogP) is 2.04. The van der Waals surface area contributed by atoms with E-state index in [-0.39, 0.29) is 18.9 Å². The van der Waals surface area contributed by atoms with E-state index >= 15 is 0 Å². The van der Waals surface area contributed by atoms with Crippen molar-refractivity contribution in [2.45, 2.75) is 33.6 Å². The van der Waals surface area contributed by atoms with Gasteiger partial charge in [-0.2, -0.15) is 0 Å². The molecular formula is C15H22N2O3S. The van der Waals surface area contributed by atoms with Crippen LogP contribution < -0.4 is 0 Å². The second-order valence-corrected chi connectivity index (χ2v) is 7.00. The molecule has 0 aliphatic carbocycles. The highest BCUT2D eigenvalue weighted by atomic mass is 32.1. The third kappa shape index (κ3) is 4.81. The van der Waals surface area contributed by atoms with Crippen molar-refractivity contribution in [3.63, 3.8) is 0 Å². The Morgan fingerprint density at radius 1 is 1.38 bits per heavy atom. The summed E-state index contributed by atoms with van der Waals surface area (Å²) < 4.78 is 5.08. The van der Waals surface area contributed by atoms with E-state index in [9.17, 15) is 9.59 Å². The number of carbonyl (C=O) groups is 2. The Balaban J connectivity index is 1.76. The van der Waals surface area contributed by atoms with Crippen molar-refractivity contribution >= 4 is 23.2 Å². The maximum atomic E-state index is 12.1. The van der Waals surface area contributed by atoms with Crippen LogP contribution in [-0.2, 0) is 20.7 Å². The lowest BCUT2D eigenvalue weighted by atomic mass is 9.92. The fraction of sp³-hybridized carbons (Fsp3) is 0.667. The number of aryl methyl sites for hydroxylation is 1. The Hall–Kier alpha value is -1.43. The Morgan fingerprint density at radius 3 is 2.62 bits per heavy atom. The molecule has 116 valence electrons. The molecular weight excluding hydrogens is 288 g/mol. The first kappa shape index (κ1) is 15.9. The third-order valence-corrected chi connectivity index (χ3v) is 4.39. The fourth-order valence-corrected chi connectivity index (χ4v) is 3.40. The SMILES string of the molecule is Cc1nc(CC(=O)OCC(=O)N2CC(C)CC(C)C2)cs1. The number of nitrogens with zero attached hydrogens (tertiary/aromatic N) is 2. The average Bonchev–Trinajstić information content (AvgIpc) is 2.80. The van der Waals surface area contributed by atoms with Crippen LogP contribution in [0.3, 0.4) is 0 Å². The van der Waals surface area contributed by atoms with Gasteiger partial charge in [-0.05, 0) is 25.2 Å². The van der Waals surface area contributed by atoms with Gasteiger partial charge in [0.25, 0.3) is 5.91 Å². The van der Waals surface area contributed by atoms with E-state index in [0.717, 1.165) is 24.5 Å². The van der Waals surface area contributed by atoms with Gasteiger partial charge in [-0.15, -0.1) is 11.3 Å². The minimum atomic E-state index is -0.397. The number of carbonyl (C=O) groups excluding carboxylic acids is 2. The number of rotatable bonds is 4. The van der Waals surface area contributed by atoms with Crippen LogP contribution in [0.2, 0.25) is 0 Å². The van der Waals surface area contributed by atoms with Gasteiger partial charge in [0, 0.05) is 18.5 Å². The van der Waals surface area contributed by atoms with Crippen LogP contribution in [-0.4, -0.2) is 41.5 Å². The molecule has 2 rings (SSSR count). The van der Waals surface area contributed by atoms with Crippen molar-refractivity contribution in [1.29, 1.82) is 0 Å². The molecule has 2 heterocycles. The lowest BCUT2D eigenvalue weighted by molar-refractivity contribution is -0.152. The van der Waals surface area contributed by atoms with E-state index in [1.165, 1.54) is 11.3 Å². The highest BCUT2D eigenvalue weighted by Crippen LogP contribution is 2.20. The van der Waals surface area contributed by atoms with Crippen molar-refractivity contribution in [3.8, 4) is 0 Å².